The molecule has 2 aromatic rings. The smallest absolute Gasteiger partial charge is 0.328 e. The average Bonchev–Trinajstić information content (AvgIpc) is 2.98. The minimum absolute atomic E-state index is 0.333. The Hall–Kier alpha value is -2.23. The number of benzene rings is 2. The number of nitrogens with zero attached hydrogens (tertiary/aromatic N) is 1. The van der Waals surface area contributed by atoms with Gasteiger partial charge in [-0.2, -0.15) is 0 Å². The summed E-state index contributed by atoms with van der Waals surface area (Å²) < 4.78 is 5.74. The third-order valence-corrected chi connectivity index (χ3v) is 5.25. The highest BCUT2D eigenvalue weighted by atomic mass is 31.0. The van der Waals surface area contributed by atoms with Crippen molar-refractivity contribution < 1.29 is 14.3 Å². The summed E-state index contributed by atoms with van der Waals surface area (Å²) in [4.78, 5) is 27.5. The van der Waals surface area contributed by atoms with Gasteiger partial charge < -0.3 is 10.1 Å². The lowest BCUT2D eigenvalue weighted by atomic mass is 9.83. The molecule has 0 saturated carbocycles. The van der Waals surface area contributed by atoms with E-state index < -0.39 is 17.5 Å². The van der Waals surface area contributed by atoms with Gasteiger partial charge >= 0.3 is 6.03 Å². The first kappa shape index (κ1) is 19.5. The molecular weight excluding hydrogens is 359 g/mol. The Labute approximate surface area is 162 Å². The third-order valence-electron chi connectivity index (χ3n) is 4.76. The van der Waals surface area contributed by atoms with E-state index in [0.717, 1.165) is 35.3 Å². The van der Waals surface area contributed by atoms with Crippen molar-refractivity contribution in [2.45, 2.75) is 37.7 Å². The Bertz CT molecular complexity index is 743. The fraction of sp³-hybridized carbons (Fsp3) is 0.333. The van der Waals surface area contributed by atoms with Crippen molar-refractivity contribution in [3.05, 3.63) is 71.8 Å². The van der Waals surface area contributed by atoms with Crippen LogP contribution in [-0.2, 0) is 15.1 Å². The molecule has 0 spiro atoms. The molecule has 6 heteroatoms. The van der Waals surface area contributed by atoms with Gasteiger partial charge in [-0.1, -0.05) is 89.7 Å². The van der Waals surface area contributed by atoms with Crippen LogP contribution >= 0.6 is 9.24 Å². The van der Waals surface area contributed by atoms with Crippen LogP contribution < -0.4 is 5.32 Å². The van der Waals surface area contributed by atoms with Crippen molar-refractivity contribution >= 4 is 21.2 Å². The number of hydrogen-bond acceptors (Lipinski definition) is 3. The van der Waals surface area contributed by atoms with Crippen LogP contribution in [-0.4, -0.2) is 29.4 Å². The molecule has 0 bridgehead atoms. The van der Waals surface area contributed by atoms with Crippen molar-refractivity contribution in [3.8, 4) is 0 Å². The number of hydrogen-bond donors (Lipinski definition) is 1. The number of urea groups is 1. The van der Waals surface area contributed by atoms with Crippen LogP contribution in [0.4, 0.5) is 4.79 Å². The molecule has 0 radical (unpaired) electrons. The van der Waals surface area contributed by atoms with Crippen LogP contribution in [0.5, 0.6) is 0 Å². The van der Waals surface area contributed by atoms with E-state index in [2.05, 4.69) is 21.5 Å². The summed E-state index contributed by atoms with van der Waals surface area (Å²) in [6.45, 7) is 2.62. The number of rotatable bonds is 8. The Morgan fingerprint density at radius 3 is 2.07 bits per heavy atom. The highest BCUT2D eigenvalue weighted by molar-refractivity contribution is 7.17. The number of imide groups is 1. The summed E-state index contributed by atoms with van der Waals surface area (Å²) in [6.07, 6.45) is 3.03. The number of unbranched alkanes of at least 4 members (excludes halogenated alkanes) is 2. The first-order valence-corrected chi connectivity index (χ1v) is 9.92. The van der Waals surface area contributed by atoms with Crippen LogP contribution in [0.1, 0.15) is 37.3 Å². The van der Waals surface area contributed by atoms with Gasteiger partial charge in [0.25, 0.3) is 5.91 Å². The van der Waals surface area contributed by atoms with Gasteiger partial charge in [0, 0.05) is 6.61 Å². The Kier molecular flexibility index (Phi) is 6.25. The van der Waals surface area contributed by atoms with E-state index in [0.29, 0.717) is 6.61 Å². The molecule has 3 amide bonds. The predicted octanol–water partition coefficient (Wildman–Crippen LogP) is 3.85. The molecule has 1 aliphatic heterocycles. The first-order valence-electron chi connectivity index (χ1n) is 9.25. The zero-order valence-corrected chi connectivity index (χ0v) is 16.6. The van der Waals surface area contributed by atoms with Crippen LogP contribution in [0.25, 0.3) is 0 Å². The van der Waals surface area contributed by atoms with E-state index >= 15 is 0 Å². The molecule has 0 aromatic heterocycles. The molecule has 1 saturated heterocycles. The van der Waals surface area contributed by atoms with Gasteiger partial charge in [0.2, 0.25) is 0 Å². The zero-order chi connectivity index (χ0) is 19.3. The van der Waals surface area contributed by atoms with Crippen LogP contribution in [0.15, 0.2) is 60.7 Å². The summed E-state index contributed by atoms with van der Waals surface area (Å²) in [5, 5.41) is 2.93. The Morgan fingerprint density at radius 2 is 1.56 bits per heavy atom. The lowest BCUT2D eigenvalue weighted by molar-refractivity contribution is -0.135. The predicted molar refractivity (Wildman–Crippen MR) is 108 cm³/mol. The van der Waals surface area contributed by atoms with E-state index in [1.807, 2.05) is 60.7 Å². The molecule has 0 aliphatic carbocycles. The summed E-state index contributed by atoms with van der Waals surface area (Å²) in [6, 6.07) is 18.2. The van der Waals surface area contributed by atoms with Crippen LogP contribution in [0, 0.1) is 0 Å². The number of carbonyl (C=O) groups excluding carboxylic acids is 2. The maximum Gasteiger partial charge on any atom is 0.328 e. The van der Waals surface area contributed by atoms with Crippen LogP contribution in [0.2, 0.25) is 0 Å². The average molecular weight is 384 g/mol. The van der Waals surface area contributed by atoms with Gasteiger partial charge in [0.15, 0.2) is 11.5 Å². The molecule has 1 N–H and O–H groups in total. The van der Waals surface area contributed by atoms with Gasteiger partial charge in [-0.3, -0.25) is 4.79 Å². The maximum absolute atomic E-state index is 13.5. The highest BCUT2D eigenvalue weighted by Gasteiger charge is 2.55. The van der Waals surface area contributed by atoms with Gasteiger partial charge in [-0.15, -0.1) is 0 Å². The maximum atomic E-state index is 13.5. The standard InChI is InChI=1S/C21H25N2O3P/c1-2-3-10-15-26-20(27)23-18(24)21(22-19(23)25,16-11-6-4-7-12-16)17-13-8-5-9-14-17/h4-9,11-14,20H,2-3,10,15,27H2,1H3,(H,22,25). The van der Waals surface area contributed by atoms with Gasteiger partial charge in [0.05, 0.1) is 0 Å². The highest BCUT2D eigenvalue weighted by Crippen LogP contribution is 2.37. The number of nitrogens with one attached hydrogen (secondary N) is 1. The lowest BCUT2D eigenvalue weighted by Gasteiger charge is -2.29. The van der Waals surface area contributed by atoms with Gasteiger partial charge in [-0.25, -0.2) is 9.69 Å². The zero-order valence-electron chi connectivity index (χ0n) is 15.4. The normalized spacial score (nSPS) is 17.0. The van der Waals surface area contributed by atoms with Crippen molar-refractivity contribution in [1.29, 1.82) is 0 Å². The van der Waals surface area contributed by atoms with Gasteiger partial charge in [0.1, 0.15) is 0 Å². The molecule has 1 heterocycles. The van der Waals surface area contributed by atoms with E-state index in [4.69, 9.17) is 4.74 Å². The van der Waals surface area contributed by atoms with Crippen molar-refractivity contribution in [1.82, 2.24) is 10.2 Å². The van der Waals surface area contributed by atoms with Crippen molar-refractivity contribution in [3.63, 3.8) is 0 Å². The summed E-state index contributed by atoms with van der Waals surface area (Å²) in [7, 11) is 2.46. The SMILES string of the molecule is CCCCCOC(P)N1C(=O)NC(c2ccccc2)(c2ccccc2)C1=O. The summed E-state index contributed by atoms with van der Waals surface area (Å²) in [5.41, 5.74) is 0.196. The minimum Gasteiger partial charge on any atom is -0.354 e. The fourth-order valence-corrected chi connectivity index (χ4v) is 3.75. The topological polar surface area (TPSA) is 58.6 Å². The fourth-order valence-electron chi connectivity index (χ4n) is 3.34. The van der Waals surface area contributed by atoms with Crippen LogP contribution in [0.3, 0.4) is 0 Å². The molecular formula is C21H25N2O3P. The summed E-state index contributed by atoms with van der Waals surface area (Å²) in [5.74, 6) is -1.04. The Balaban J connectivity index is 1.94. The Morgan fingerprint density at radius 1 is 1.00 bits per heavy atom. The summed E-state index contributed by atoms with van der Waals surface area (Å²) >= 11 is 0. The quantitative estimate of drug-likeness (QED) is 0.427. The molecule has 1 aliphatic rings. The third kappa shape index (κ3) is 3.76. The molecule has 1 fully saturated rings. The molecule has 2 unspecified atom stereocenters. The molecule has 142 valence electrons. The van der Waals surface area contributed by atoms with Gasteiger partial charge in [-0.05, 0) is 17.5 Å². The van der Waals surface area contributed by atoms with E-state index in [1.54, 1.807) is 0 Å². The van der Waals surface area contributed by atoms with E-state index in [1.165, 1.54) is 0 Å². The largest absolute Gasteiger partial charge is 0.354 e. The molecule has 5 nitrogen and oxygen atoms in total. The number of amides is 3. The second-order valence-electron chi connectivity index (χ2n) is 6.56. The molecule has 27 heavy (non-hydrogen) atoms. The molecule has 2 aromatic carbocycles. The lowest BCUT2D eigenvalue weighted by Crippen LogP contribution is -2.46. The molecule has 2 atom stereocenters. The second-order valence-corrected chi connectivity index (χ2v) is 7.13. The number of ether oxygens (including phenoxy) is 1. The van der Waals surface area contributed by atoms with E-state index in [-0.39, 0.29) is 5.91 Å². The molecule has 3 rings (SSSR count). The monoisotopic (exact) mass is 384 g/mol. The van der Waals surface area contributed by atoms with Crippen molar-refractivity contribution in [2.24, 2.45) is 0 Å². The van der Waals surface area contributed by atoms with Crippen molar-refractivity contribution in [2.75, 3.05) is 6.61 Å². The first-order chi connectivity index (χ1) is 13.1. The minimum atomic E-state index is -1.25. The number of carbonyl (C=O) groups is 2. The van der Waals surface area contributed by atoms with E-state index in [9.17, 15) is 9.59 Å². The second kappa shape index (κ2) is 8.64.